The summed E-state index contributed by atoms with van der Waals surface area (Å²) in [5, 5.41) is 7.27. The van der Waals surface area contributed by atoms with E-state index in [0.29, 0.717) is 22.9 Å². The number of nitrogens with zero attached hydrogens (tertiary/aromatic N) is 1. The van der Waals surface area contributed by atoms with Crippen LogP contribution >= 0.6 is 0 Å². The predicted octanol–water partition coefficient (Wildman–Crippen LogP) is 3.96. The van der Waals surface area contributed by atoms with Gasteiger partial charge in [0.05, 0.1) is 0 Å². The van der Waals surface area contributed by atoms with Gasteiger partial charge >= 0.3 is 0 Å². The minimum Gasteiger partial charge on any atom is -0.360 e. The molecule has 0 spiro atoms. The van der Waals surface area contributed by atoms with E-state index in [4.69, 9.17) is 4.52 Å². The highest BCUT2D eigenvalue weighted by molar-refractivity contribution is 6.00. The van der Waals surface area contributed by atoms with E-state index in [9.17, 15) is 4.79 Å². The number of hydrogen-bond donors (Lipinski definition) is 1. The smallest absolute Gasteiger partial charge is 0.257 e. The average molecular weight is 298 g/mol. The first-order chi connectivity index (χ1) is 10.7. The fourth-order valence-electron chi connectivity index (χ4n) is 3.20. The molecule has 22 heavy (non-hydrogen) atoms. The number of rotatable bonds is 3. The lowest BCUT2D eigenvalue weighted by atomic mass is 9.86. The molecule has 1 aliphatic carbocycles. The lowest BCUT2D eigenvalue weighted by molar-refractivity contribution is 0.0909. The summed E-state index contributed by atoms with van der Waals surface area (Å²) in [4.78, 5) is 12.7. The van der Waals surface area contributed by atoms with Gasteiger partial charge in [0.2, 0.25) is 0 Å². The summed E-state index contributed by atoms with van der Waals surface area (Å²) < 4.78 is 5.28. The van der Waals surface area contributed by atoms with Crippen molar-refractivity contribution < 1.29 is 9.32 Å². The minimum absolute atomic E-state index is 0.0728. The molecule has 0 saturated heterocycles. The molecular weight excluding hydrogens is 276 g/mol. The molecule has 1 N–H and O–H groups in total. The number of amides is 1. The minimum atomic E-state index is -0.0728. The van der Waals surface area contributed by atoms with E-state index in [1.54, 1.807) is 6.92 Å². The van der Waals surface area contributed by atoms with Gasteiger partial charge in [-0.25, -0.2) is 0 Å². The van der Waals surface area contributed by atoms with E-state index in [-0.39, 0.29) is 11.9 Å². The quantitative estimate of drug-likeness (QED) is 0.933. The van der Waals surface area contributed by atoms with Crippen molar-refractivity contribution in [2.24, 2.45) is 5.92 Å². The normalized spacial score (nSPS) is 21.5. The van der Waals surface area contributed by atoms with Crippen molar-refractivity contribution in [3.05, 3.63) is 41.7 Å². The van der Waals surface area contributed by atoms with Gasteiger partial charge in [-0.3, -0.25) is 4.79 Å². The van der Waals surface area contributed by atoms with Crippen molar-refractivity contribution in [2.75, 3.05) is 0 Å². The van der Waals surface area contributed by atoms with Crippen LogP contribution in [0.1, 0.15) is 48.7 Å². The molecule has 1 aromatic heterocycles. The lowest BCUT2D eigenvalue weighted by Crippen LogP contribution is -2.41. The van der Waals surface area contributed by atoms with Crippen LogP contribution in [0.5, 0.6) is 0 Å². The van der Waals surface area contributed by atoms with Crippen LogP contribution in [0.2, 0.25) is 0 Å². The zero-order valence-corrected chi connectivity index (χ0v) is 13.1. The van der Waals surface area contributed by atoms with Gasteiger partial charge in [-0.05, 0) is 25.7 Å². The highest BCUT2D eigenvalue weighted by Gasteiger charge is 2.27. The maximum atomic E-state index is 12.7. The average Bonchev–Trinajstić information content (AvgIpc) is 2.92. The Labute approximate surface area is 130 Å². The van der Waals surface area contributed by atoms with E-state index in [1.165, 1.54) is 19.3 Å². The summed E-state index contributed by atoms with van der Waals surface area (Å²) in [7, 11) is 0. The van der Waals surface area contributed by atoms with Crippen molar-refractivity contribution >= 4 is 5.91 Å². The third-order valence-electron chi connectivity index (χ3n) is 4.56. The first kappa shape index (κ1) is 14.8. The summed E-state index contributed by atoms with van der Waals surface area (Å²) in [5.41, 5.74) is 2.09. The van der Waals surface area contributed by atoms with Gasteiger partial charge < -0.3 is 9.84 Å². The van der Waals surface area contributed by atoms with E-state index in [2.05, 4.69) is 17.4 Å². The van der Waals surface area contributed by atoms with Gasteiger partial charge in [-0.15, -0.1) is 0 Å². The van der Waals surface area contributed by atoms with Gasteiger partial charge in [0.25, 0.3) is 5.91 Å². The summed E-state index contributed by atoms with van der Waals surface area (Å²) >= 11 is 0. The maximum absolute atomic E-state index is 12.7. The van der Waals surface area contributed by atoms with Crippen LogP contribution < -0.4 is 5.32 Å². The van der Waals surface area contributed by atoms with Crippen molar-refractivity contribution in [1.29, 1.82) is 0 Å². The third kappa shape index (κ3) is 2.91. The topological polar surface area (TPSA) is 55.1 Å². The Kier molecular flexibility index (Phi) is 4.27. The number of carbonyl (C=O) groups is 1. The van der Waals surface area contributed by atoms with Gasteiger partial charge in [0.1, 0.15) is 17.0 Å². The van der Waals surface area contributed by atoms with Gasteiger partial charge in [-0.2, -0.15) is 0 Å². The molecule has 0 unspecified atom stereocenters. The second kappa shape index (κ2) is 6.34. The van der Waals surface area contributed by atoms with Crippen LogP contribution in [0.25, 0.3) is 11.3 Å². The zero-order valence-electron chi connectivity index (χ0n) is 13.1. The third-order valence-corrected chi connectivity index (χ3v) is 4.56. The Morgan fingerprint density at radius 1 is 1.23 bits per heavy atom. The SMILES string of the molecule is Cc1onc(-c2ccccc2)c1C(=O)N[C@@H]1CCCC[C@@H]1C. The molecule has 1 saturated carbocycles. The highest BCUT2D eigenvalue weighted by atomic mass is 16.5. The Bertz CT molecular complexity index is 648. The van der Waals surface area contributed by atoms with Crippen molar-refractivity contribution in [3.8, 4) is 11.3 Å². The molecule has 1 fully saturated rings. The Balaban J connectivity index is 1.85. The number of hydrogen-bond acceptors (Lipinski definition) is 3. The van der Waals surface area contributed by atoms with Crippen molar-refractivity contribution in [1.82, 2.24) is 10.5 Å². The van der Waals surface area contributed by atoms with Gasteiger partial charge in [0.15, 0.2) is 0 Å². The molecular formula is C18H22N2O2. The first-order valence-electron chi connectivity index (χ1n) is 7.99. The summed E-state index contributed by atoms with van der Waals surface area (Å²) in [6.07, 6.45) is 4.68. The second-order valence-electron chi connectivity index (χ2n) is 6.17. The van der Waals surface area contributed by atoms with Crippen LogP contribution in [-0.4, -0.2) is 17.1 Å². The van der Waals surface area contributed by atoms with E-state index in [1.807, 2.05) is 30.3 Å². The summed E-state index contributed by atoms with van der Waals surface area (Å²) in [6.45, 7) is 4.00. The number of nitrogens with one attached hydrogen (secondary N) is 1. The largest absolute Gasteiger partial charge is 0.360 e. The number of aromatic nitrogens is 1. The van der Waals surface area contributed by atoms with E-state index >= 15 is 0 Å². The number of benzene rings is 1. The van der Waals surface area contributed by atoms with E-state index in [0.717, 1.165) is 12.0 Å². The second-order valence-corrected chi connectivity index (χ2v) is 6.17. The fraction of sp³-hybridized carbons (Fsp3) is 0.444. The number of aryl methyl sites for hydroxylation is 1. The summed E-state index contributed by atoms with van der Waals surface area (Å²) in [6, 6.07) is 9.95. The number of carbonyl (C=O) groups excluding carboxylic acids is 1. The molecule has 3 rings (SSSR count). The zero-order chi connectivity index (χ0) is 15.5. The monoisotopic (exact) mass is 298 g/mol. The molecule has 4 nitrogen and oxygen atoms in total. The molecule has 0 bridgehead atoms. The van der Waals surface area contributed by atoms with Gasteiger partial charge in [-0.1, -0.05) is 55.3 Å². The van der Waals surface area contributed by atoms with Crippen molar-refractivity contribution in [3.63, 3.8) is 0 Å². The van der Waals surface area contributed by atoms with Crippen LogP contribution in [0.3, 0.4) is 0 Å². The molecule has 0 radical (unpaired) electrons. The van der Waals surface area contributed by atoms with E-state index < -0.39 is 0 Å². The fourth-order valence-corrected chi connectivity index (χ4v) is 3.20. The Morgan fingerprint density at radius 3 is 2.68 bits per heavy atom. The molecule has 1 amide bonds. The standard InChI is InChI=1S/C18H22N2O2/c1-12-8-6-7-11-15(12)19-18(21)16-13(2)22-20-17(16)14-9-4-3-5-10-14/h3-5,9-10,12,15H,6-8,11H2,1-2H3,(H,19,21)/t12-,15+/m0/s1. The molecule has 1 heterocycles. The first-order valence-corrected chi connectivity index (χ1v) is 7.99. The summed E-state index contributed by atoms with van der Waals surface area (Å²) in [5.74, 6) is 1.02. The lowest BCUT2D eigenvalue weighted by Gasteiger charge is -2.29. The highest BCUT2D eigenvalue weighted by Crippen LogP contribution is 2.27. The van der Waals surface area contributed by atoms with Crippen LogP contribution in [-0.2, 0) is 0 Å². The maximum Gasteiger partial charge on any atom is 0.257 e. The molecule has 4 heteroatoms. The van der Waals surface area contributed by atoms with Crippen LogP contribution in [0.15, 0.2) is 34.9 Å². The molecule has 1 aliphatic rings. The molecule has 2 aromatic rings. The van der Waals surface area contributed by atoms with Gasteiger partial charge in [0, 0.05) is 11.6 Å². The molecule has 1 aromatic carbocycles. The predicted molar refractivity (Wildman–Crippen MR) is 85.6 cm³/mol. The molecule has 0 aliphatic heterocycles. The van der Waals surface area contributed by atoms with Crippen LogP contribution in [0.4, 0.5) is 0 Å². The molecule has 116 valence electrons. The Morgan fingerprint density at radius 2 is 1.95 bits per heavy atom. The van der Waals surface area contributed by atoms with Crippen molar-refractivity contribution in [2.45, 2.75) is 45.6 Å². The van der Waals surface area contributed by atoms with Crippen LogP contribution in [0, 0.1) is 12.8 Å². The molecule has 2 atom stereocenters. The Hall–Kier alpha value is -2.10.